The van der Waals surface area contributed by atoms with Crippen molar-refractivity contribution in [1.29, 1.82) is 0 Å². The molecular weight excluding hydrogens is 166 g/mol. The highest BCUT2D eigenvalue weighted by Gasteiger charge is 2.22. The van der Waals surface area contributed by atoms with E-state index in [0.717, 1.165) is 13.0 Å². The van der Waals surface area contributed by atoms with Gasteiger partial charge in [0.1, 0.15) is 11.6 Å². The Morgan fingerprint density at radius 2 is 2.31 bits per heavy atom. The van der Waals surface area contributed by atoms with Crippen molar-refractivity contribution in [3.05, 3.63) is 18.2 Å². The maximum atomic E-state index is 11.3. The molecule has 4 nitrogen and oxygen atoms in total. The molecule has 1 saturated heterocycles. The highest BCUT2D eigenvalue weighted by Crippen LogP contribution is 2.19. The van der Waals surface area contributed by atoms with Gasteiger partial charge in [-0.15, -0.1) is 0 Å². The molecule has 1 fully saturated rings. The Morgan fingerprint density at radius 1 is 1.46 bits per heavy atom. The summed E-state index contributed by atoms with van der Waals surface area (Å²) in [5, 5.41) is 0. The minimum Gasteiger partial charge on any atom is -0.384 e. The van der Waals surface area contributed by atoms with Gasteiger partial charge in [0.05, 0.1) is 0 Å². The second kappa shape index (κ2) is 3.05. The lowest BCUT2D eigenvalue weighted by molar-refractivity contribution is -0.117. The lowest BCUT2D eigenvalue weighted by atomic mass is 10.4. The number of nitrogen functional groups attached to an aromatic ring is 1. The lowest BCUT2D eigenvalue weighted by Crippen LogP contribution is -2.24. The number of pyridine rings is 1. The summed E-state index contributed by atoms with van der Waals surface area (Å²) in [6, 6.07) is 5.33. The fourth-order valence-corrected chi connectivity index (χ4v) is 1.48. The Morgan fingerprint density at radius 3 is 2.92 bits per heavy atom. The molecule has 0 bridgehead atoms. The van der Waals surface area contributed by atoms with Gasteiger partial charge in [-0.05, 0) is 18.6 Å². The van der Waals surface area contributed by atoms with Crippen molar-refractivity contribution in [2.24, 2.45) is 0 Å². The summed E-state index contributed by atoms with van der Waals surface area (Å²) in [5.74, 6) is 1.26. The average Bonchev–Trinajstić information content (AvgIpc) is 2.51. The number of carbonyl (C=O) groups excluding carboxylic acids is 1. The molecule has 68 valence electrons. The van der Waals surface area contributed by atoms with Crippen LogP contribution in [0.4, 0.5) is 11.6 Å². The van der Waals surface area contributed by atoms with Crippen LogP contribution < -0.4 is 10.6 Å². The third kappa shape index (κ3) is 1.47. The second-order valence-electron chi connectivity index (χ2n) is 3.07. The molecule has 0 aliphatic carbocycles. The van der Waals surface area contributed by atoms with Gasteiger partial charge in [-0.3, -0.25) is 9.69 Å². The van der Waals surface area contributed by atoms with E-state index in [-0.39, 0.29) is 5.91 Å². The predicted octanol–water partition coefficient (Wildman–Crippen LogP) is 0.791. The monoisotopic (exact) mass is 177 g/mol. The minimum absolute atomic E-state index is 0.137. The molecule has 1 amide bonds. The van der Waals surface area contributed by atoms with E-state index in [2.05, 4.69) is 4.98 Å². The first-order chi connectivity index (χ1) is 6.27. The van der Waals surface area contributed by atoms with E-state index >= 15 is 0 Å². The van der Waals surface area contributed by atoms with Gasteiger partial charge in [0.25, 0.3) is 0 Å². The van der Waals surface area contributed by atoms with Crippen molar-refractivity contribution in [3.63, 3.8) is 0 Å². The Kier molecular flexibility index (Phi) is 1.88. The summed E-state index contributed by atoms with van der Waals surface area (Å²) < 4.78 is 0. The minimum atomic E-state index is 0.137. The first-order valence-electron chi connectivity index (χ1n) is 4.30. The Balaban J connectivity index is 2.29. The first kappa shape index (κ1) is 8.04. The van der Waals surface area contributed by atoms with Gasteiger partial charge in [-0.2, -0.15) is 0 Å². The summed E-state index contributed by atoms with van der Waals surface area (Å²) in [6.45, 7) is 0.759. The number of amides is 1. The molecule has 1 aromatic heterocycles. The van der Waals surface area contributed by atoms with Crippen LogP contribution in [-0.4, -0.2) is 17.4 Å². The number of nitrogens with zero attached hydrogens (tertiary/aromatic N) is 2. The van der Waals surface area contributed by atoms with E-state index in [1.807, 2.05) is 6.07 Å². The number of nitrogens with two attached hydrogens (primary N) is 1. The lowest BCUT2D eigenvalue weighted by Gasteiger charge is -2.13. The third-order valence-corrected chi connectivity index (χ3v) is 2.11. The number of hydrogen-bond acceptors (Lipinski definition) is 3. The van der Waals surface area contributed by atoms with E-state index in [1.165, 1.54) is 0 Å². The normalized spacial score (nSPS) is 16.6. The fourth-order valence-electron chi connectivity index (χ4n) is 1.48. The molecule has 0 aromatic carbocycles. The Labute approximate surface area is 76.4 Å². The summed E-state index contributed by atoms with van der Waals surface area (Å²) in [7, 11) is 0. The highest BCUT2D eigenvalue weighted by molar-refractivity contribution is 5.94. The van der Waals surface area contributed by atoms with E-state index in [9.17, 15) is 4.79 Å². The number of carbonyl (C=O) groups is 1. The van der Waals surface area contributed by atoms with Gasteiger partial charge in [0, 0.05) is 13.0 Å². The molecule has 0 atom stereocenters. The van der Waals surface area contributed by atoms with Crippen molar-refractivity contribution in [1.82, 2.24) is 4.98 Å². The van der Waals surface area contributed by atoms with Gasteiger partial charge in [-0.1, -0.05) is 6.07 Å². The molecule has 4 heteroatoms. The third-order valence-electron chi connectivity index (χ3n) is 2.11. The van der Waals surface area contributed by atoms with Crippen molar-refractivity contribution in [3.8, 4) is 0 Å². The maximum Gasteiger partial charge on any atom is 0.228 e. The van der Waals surface area contributed by atoms with Crippen LogP contribution in [0.2, 0.25) is 0 Å². The van der Waals surface area contributed by atoms with Crippen molar-refractivity contribution in [2.45, 2.75) is 12.8 Å². The van der Waals surface area contributed by atoms with Crippen molar-refractivity contribution < 1.29 is 4.79 Å². The van der Waals surface area contributed by atoms with Crippen LogP contribution in [0.5, 0.6) is 0 Å². The zero-order valence-corrected chi connectivity index (χ0v) is 7.23. The molecule has 0 unspecified atom stereocenters. The molecule has 1 aliphatic rings. The van der Waals surface area contributed by atoms with Crippen LogP contribution >= 0.6 is 0 Å². The van der Waals surface area contributed by atoms with E-state index in [4.69, 9.17) is 5.73 Å². The smallest absolute Gasteiger partial charge is 0.228 e. The standard InChI is InChI=1S/C9H11N3O/c10-7-3-1-4-8(11-7)12-6-2-5-9(12)13/h1,3-4H,2,5-6H2,(H2,10,11). The molecule has 0 saturated carbocycles. The second-order valence-corrected chi connectivity index (χ2v) is 3.07. The first-order valence-corrected chi connectivity index (χ1v) is 4.30. The van der Waals surface area contributed by atoms with Crippen molar-refractivity contribution >= 4 is 17.5 Å². The van der Waals surface area contributed by atoms with Crippen LogP contribution in [0.3, 0.4) is 0 Å². The van der Waals surface area contributed by atoms with Crippen LogP contribution in [0, 0.1) is 0 Å². The molecule has 13 heavy (non-hydrogen) atoms. The average molecular weight is 177 g/mol. The quantitative estimate of drug-likeness (QED) is 0.690. The van der Waals surface area contributed by atoms with Gasteiger partial charge in [0.2, 0.25) is 5.91 Å². The zero-order chi connectivity index (χ0) is 9.26. The summed E-state index contributed by atoms with van der Waals surface area (Å²) >= 11 is 0. The number of anilines is 2. The maximum absolute atomic E-state index is 11.3. The van der Waals surface area contributed by atoms with E-state index < -0.39 is 0 Å². The SMILES string of the molecule is Nc1cccc(N2CCCC2=O)n1. The van der Waals surface area contributed by atoms with E-state index in [1.54, 1.807) is 17.0 Å². The summed E-state index contributed by atoms with van der Waals surface area (Å²) in [5.41, 5.74) is 5.52. The van der Waals surface area contributed by atoms with Gasteiger partial charge >= 0.3 is 0 Å². The molecule has 0 radical (unpaired) electrons. The largest absolute Gasteiger partial charge is 0.384 e. The van der Waals surface area contributed by atoms with Crippen molar-refractivity contribution in [2.75, 3.05) is 17.2 Å². The van der Waals surface area contributed by atoms with Crippen LogP contribution in [0.1, 0.15) is 12.8 Å². The number of hydrogen-bond donors (Lipinski definition) is 1. The zero-order valence-electron chi connectivity index (χ0n) is 7.23. The van der Waals surface area contributed by atoms with Gasteiger partial charge < -0.3 is 5.73 Å². The van der Waals surface area contributed by atoms with E-state index in [0.29, 0.717) is 18.1 Å². The molecule has 1 aromatic rings. The molecule has 2 N–H and O–H groups in total. The Hall–Kier alpha value is -1.58. The molecule has 0 spiro atoms. The topological polar surface area (TPSA) is 59.2 Å². The van der Waals surface area contributed by atoms with Crippen LogP contribution in [0.25, 0.3) is 0 Å². The predicted molar refractivity (Wildman–Crippen MR) is 50.2 cm³/mol. The molecule has 2 rings (SSSR count). The Bertz CT molecular complexity index is 337. The molecular formula is C9H11N3O. The van der Waals surface area contributed by atoms with Gasteiger partial charge in [0.15, 0.2) is 0 Å². The number of aromatic nitrogens is 1. The summed E-state index contributed by atoms with van der Waals surface area (Å²) in [4.78, 5) is 17.1. The molecule has 1 aliphatic heterocycles. The molecule has 2 heterocycles. The number of rotatable bonds is 1. The van der Waals surface area contributed by atoms with Crippen LogP contribution in [-0.2, 0) is 4.79 Å². The van der Waals surface area contributed by atoms with Crippen LogP contribution in [0.15, 0.2) is 18.2 Å². The summed E-state index contributed by atoms with van der Waals surface area (Å²) in [6.07, 6.45) is 1.53. The van der Waals surface area contributed by atoms with Gasteiger partial charge in [-0.25, -0.2) is 4.98 Å². The fraction of sp³-hybridized carbons (Fsp3) is 0.333. The highest BCUT2D eigenvalue weighted by atomic mass is 16.2.